The van der Waals surface area contributed by atoms with Crippen LogP contribution < -0.4 is 15.9 Å². The third-order valence-electron chi connectivity index (χ3n) is 4.22. The van der Waals surface area contributed by atoms with Crippen LogP contribution in [0.2, 0.25) is 0 Å². The van der Waals surface area contributed by atoms with E-state index in [1.54, 1.807) is 25.1 Å². The van der Waals surface area contributed by atoms with Gasteiger partial charge in [-0.15, -0.1) is 5.10 Å². The van der Waals surface area contributed by atoms with Gasteiger partial charge >= 0.3 is 7.12 Å². The van der Waals surface area contributed by atoms with E-state index in [-0.39, 0.29) is 17.0 Å². The van der Waals surface area contributed by atoms with Gasteiger partial charge in [0.1, 0.15) is 5.75 Å². The predicted molar refractivity (Wildman–Crippen MR) is 95.5 cm³/mol. The van der Waals surface area contributed by atoms with E-state index in [4.69, 9.17) is 10.5 Å². The molecule has 26 heavy (non-hydrogen) atoms. The number of alkyl halides is 2. The number of ether oxygens (including phenoxy) is 1. The fourth-order valence-electron chi connectivity index (χ4n) is 2.89. The standard InChI is InChI=1S/C17H16BF2N3O3/c1-8-11-5-9(3-4-10(11)17(21)23-22-8)12-6-14(18(24)25)13(16(19)20)7-15(12)26-2/h3-7,16,24-25H,1-2H3,(H2,21,23). The maximum atomic E-state index is 13.2. The largest absolute Gasteiger partial charge is 0.496 e. The van der Waals surface area contributed by atoms with Crippen LogP contribution in [0.3, 0.4) is 0 Å². The lowest BCUT2D eigenvalue weighted by molar-refractivity contribution is 0.151. The zero-order valence-electron chi connectivity index (χ0n) is 14.1. The second kappa shape index (κ2) is 6.85. The fourth-order valence-corrected chi connectivity index (χ4v) is 2.89. The van der Waals surface area contributed by atoms with E-state index in [2.05, 4.69) is 10.2 Å². The lowest BCUT2D eigenvalue weighted by Gasteiger charge is -2.16. The first-order valence-electron chi connectivity index (χ1n) is 7.72. The third-order valence-corrected chi connectivity index (χ3v) is 4.22. The molecule has 0 spiro atoms. The quantitative estimate of drug-likeness (QED) is 0.615. The summed E-state index contributed by atoms with van der Waals surface area (Å²) in [5, 5.41) is 28.3. The van der Waals surface area contributed by atoms with Gasteiger partial charge in [0.25, 0.3) is 6.43 Å². The molecule has 2 aromatic carbocycles. The minimum atomic E-state index is -2.87. The van der Waals surface area contributed by atoms with E-state index < -0.39 is 19.1 Å². The average Bonchev–Trinajstić information content (AvgIpc) is 2.63. The smallest absolute Gasteiger partial charge is 0.488 e. The number of benzene rings is 2. The van der Waals surface area contributed by atoms with Crippen molar-refractivity contribution in [1.82, 2.24) is 10.2 Å². The van der Waals surface area contributed by atoms with Crippen LogP contribution in [0.5, 0.6) is 5.75 Å². The Morgan fingerprint density at radius 3 is 2.46 bits per heavy atom. The van der Waals surface area contributed by atoms with Crippen molar-refractivity contribution in [1.29, 1.82) is 0 Å². The molecule has 3 aromatic rings. The number of anilines is 1. The average molecular weight is 359 g/mol. The number of halogens is 2. The molecule has 0 saturated heterocycles. The Bertz CT molecular complexity index is 983. The number of nitrogens with zero attached hydrogens (tertiary/aromatic N) is 2. The van der Waals surface area contributed by atoms with Gasteiger partial charge in [-0.3, -0.25) is 0 Å². The van der Waals surface area contributed by atoms with E-state index in [0.717, 1.165) is 11.5 Å². The monoisotopic (exact) mass is 359 g/mol. The molecule has 0 saturated carbocycles. The Morgan fingerprint density at radius 2 is 1.85 bits per heavy atom. The molecule has 4 N–H and O–H groups in total. The predicted octanol–water partition coefficient (Wildman–Crippen LogP) is 1.81. The summed E-state index contributed by atoms with van der Waals surface area (Å²) in [6.45, 7) is 1.78. The highest BCUT2D eigenvalue weighted by molar-refractivity contribution is 6.59. The normalized spacial score (nSPS) is 11.2. The Balaban J connectivity index is 2.27. The first-order chi connectivity index (χ1) is 12.3. The van der Waals surface area contributed by atoms with Gasteiger partial charge in [-0.1, -0.05) is 12.1 Å². The number of rotatable bonds is 4. The van der Waals surface area contributed by atoms with Crippen molar-refractivity contribution in [3.8, 4) is 16.9 Å². The zero-order valence-corrected chi connectivity index (χ0v) is 14.1. The van der Waals surface area contributed by atoms with Crippen molar-refractivity contribution >= 4 is 29.2 Å². The first kappa shape index (κ1) is 18.0. The molecule has 3 rings (SSSR count). The Morgan fingerprint density at radius 1 is 1.12 bits per heavy atom. The molecular weight excluding hydrogens is 343 g/mol. The molecule has 0 radical (unpaired) electrons. The van der Waals surface area contributed by atoms with Gasteiger partial charge in [0, 0.05) is 21.9 Å². The van der Waals surface area contributed by atoms with Gasteiger partial charge in [-0.25, -0.2) is 8.78 Å². The Labute approximate surface area is 148 Å². The molecule has 0 aliphatic heterocycles. The molecule has 0 fully saturated rings. The Hall–Kier alpha value is -2.78. The fraction of sp³-hybridized carbons (Fsp3) is 0.176. The highest BCUT2D eigenvalue weighted by atomic mass is 19.3. The molecule has 0 aliphatic carbocycles. The molecule has 0 bridgehead atoms. The number of nitrogens with two attached hydrogens (primary N) is 1. The van der Waals surface area contributed by atoms with Crippen LogP contribution in [0.1, 0.15) is 17.7 Å². The molecule has 134 valence electrons. The van der Waals surface area contributed by atoms with Gasteiger partial charge in [0.2, 0.25) is 0 Å². The lowest BCUT2D eigenvalue weighted by atomic mass is 9.75. The van der Waals surface area contributed by atoms with Crippen molar-refractivity contribution in [2.45, 2.75) is 13.3 Å². The summed E-state index contributed by atoms with van der Waals surface area (Å²) >= 11 is 0. The molecule has 1 aromatic heterocycles. The van der Waals surface area contributed by atoms with Crippen LogP contribution in [-0.2, 0) is 0 Å². The van der Waals surface area contributed by atoms with E-state index in [1.165, 1.54) is 13.2 Å². The first-order valence-corrected chi connectivity index (χ1v) is 7.72. The minimum Gasteiger partial charge on any atom is -0.496 e. The maximum Gasteiger partial charge on any atom is 0.488 e. The zero-order chi connectivity index (χ0) is 19.0. The van der Waals surface area contributed by atoms with Crippen LogP contribution >= 0.6 is 0 Å². The third kappa shape index (κ3) is 3.06. The molecule has 0 unspecified atom stereocenters. The molecule has 0 atom stereocenters. The molecule has 0 aliphatic rings. The van der Waals surface area contributed by atoms with E-state index in [1.807, 2.05) is 0 Å². The lowest BCUT2D eigenvalue weighted by Crippen LogP contribution is -2.33. The van der Waals surface area contributed by atoms with Crippen molar-refractivity contribution in [3.05, 3.63) is 41.6 Å². The van der Waals surface area contributed by atoms with Gasteiger partial charge in [0.15, 0.2) is 5.82 Å². The van der Waals surface area contributed by atoms with Gasteiger partial charge in [-0.2, -0.15) is 5.10 Å². The van der Waals surface area contributed by atoms with Crippen LogP contribution in [-0.4, -0.2) is 34.5 Å². The number of nitrogen functional groups attached to an aromatic ring is 1. The summed E-state index contributed by atoms with van der Waals surface area (Å²) in [6, 6.07) is 7.66. The maximum absolute atomic E-state index is 13.2. The number of hydrogen-bond acceptors (Lipinski definition) is 6. The number of methoxy groups -OCH3 is 1. The SMILES string of the molecule is COc1cc(C(F)F)c(B(O)O)cc1-c1ccc2c(N)nnc(C)c2c1. The molecule has 0 amide bonds. The van der Waals surface area contributed by atoms with Crippen LogP contribution in [0.4, 0.5) is 14.6 Å². The second-order valence-electron chi connectivity index (χ2n) is 5.79. The summed E-state index contributed by atoms with van der Waals surface area (Å²) in [6.07, 6.45) is -2.87. The Kier molecular flexibility index (Phi) is 4.75. The molecular formula is C17H16BF2N3O3. The van der Waals surface area contributed by atoms with E-state index >= 15 is 0 Å². The number of fused-ring (bicyclic) bond motifs is 1. The van der Waals surface area contributed by atoms with Crippen molar-refractivity contribution in [2.75, 3.05) is 12.8 Å². The van der Waals surface area contributed by atoms with Crippen LogP contribution in [0.25, 0.3) is 21.9 Å². The van der Waals surface area contributed by atoms with Crippen molar-refractivity contribution < 1.29 is 23.6 Å². The summed E-state index contributed by atoms with van der Waals surface area (Å²) in [5.41, 5.74) is 6.80. The van der Waals surface area contributed by atoms with Crippen molar-refractivity contribution in [3.63, 3.8) is 0 Å². The molecule has 1 heterocycles. The highest BCUT2D eigenvalue weighted by Gasteiger charge is 2.25. The number of hydrogen-bond donors (Lipinski definition) is 3. The van der Waals surface area contributed by atoms with Crippen LogP contribution in [0, 0.1) is 6.92 Å². The number of aromatic nitrogens is 2. The highest BCUT2D eigenvalue weighted by Crippen LogP contribution is 2.35. The minimum absolute atomic E-state index is 0.191. The van der Waals surface area contributed by atoms with Gasteiger partial charge in [-0.05, 0) is 36.1 Å². The summed E-state index contributed by atoms with van der Waals surface area (Å²) in [7, 11) is -0.675. The summed E-state index contributed by atoms with van der Waals surface area (Å²) in [4.78, 5) is 0. The van der Waals surface area contributed by atoms with E-state index in [0.29, 0.717) is 22.2 Å². The van der Waals surface area contributed by atoms with Crippen LogP contribution in [0.15, 0.2) is 30.3 Å². The second-order valence-corrected chi connectivity index (χ2v) is 5.79. The summed E-state index contributed by atoms with van der Waals surface area (Å²) < 4.78 is 31.7. The molecule has 6 nitrogen and oxygen atoms in total. The van der Waals surface area contributed by atoms with Gasteiger partial charge < -0.3 is 20.5 Å². The topological polar surface area (TPSA) is 101 Å². The van der Waals surface area contributed by atoms with Crippen molar-refractivity contribution in [2.24, 2.45) is 0 Å². The number of aryl methyl sites for hydroxylation is 1. The van der Waals surface area contributed by atoms with E-state index in [9.17, 15) is 18.8 Å². The molecule has 9 heteroatoms. The summed E-state index contributed by atoms with van der Waals surface area (Å²) in [5.74, 6) is 0.473. The van der Waals surface area contributed by atoms with Gasteiger partial charge in [0.05, 0.1) is 12.8 Å².